The van der Waals surface area contributed by atoms with Gasteiger partial charge in [-0.2, -0.15) is 0 Å². The van der Waals surface area contributed by atoms with Gasteiger partial charge in [0.1, 0.15) is 0 Å². The van der Waals surface area contributed by atoms with Crippen LogP contribution in [-0.2, 0) is 10.8 Å². The van der Waals surface area contributed by atoms with Gasteiger partial charge in [-0.1, -0.05) is 0 Å². The number of halogens is 1. The minimum absolute atomic E-state index is 0.280. The van der Waals surface area contributed by atoms with Crippen LogP contribution in [0.5, 0.6) is 0 Å². The number of hydrogen-bond donors (Lipinski definition) is 1. The van der Waals surface area contributed by atoms with Gasteiger partial charge < -0.3 is 4.98 Å². The van der Waals surface area contributed by atoms with E-state index in [1.54, 1.807) is 0 Å². The van der Waals surface area contributed by atoms with Gasteiger partial charge in [-0.05, 0) is 6.07 Å². The molecule has 1 rings (SSSR count). The minimum Gasteiger partial charge on any atom is -0.325 e. The van der Waals surface area contributed by atoms with Gasteiger partial charge in [-0.3, -0.25) is 9.00 Å². The van der Waals surface area contributed by atoms with Crippen molar-refractivity contribution in [1.82, 2.24) is 4.98 Å². The first-order valence-corrected chi connectivity index (χ1v) is 4.38. The quantitative estimate of drug-likeness (QED) is 0.665. The van der Waals surface area contributed by atoms with Crippen LogP contribution in [0.15, 0.2) is 22.0 Å². The summed E-state index contributed by atoms with van der Waals surface area (Å²) in [6, 6.07) is 0.967. The van der Waals surface area contributed by atoms with Crippen LogP contribution in [0.3, 0.4) is 0 Å². The highest BCUT2D eigenvalue weighted by atomic mass is 32.2. The molecule has 0 amide bonds. The number of hydrogen-bond acceptors (Lipinski definition) is 2. The Balaban J connectivity index is 3.26. The third kappa shape index (κ3) is 1.74. The second-order valence-corrected chi connectivity index (χ2v) is 3.35. The van der Waals surface area contributed by atoms with Crippen LogP contribution in [0, 0.1) is 5.82 Å². The van der Waals surface area contributed by atoms with Gasteiger partial charge in [0, 0.05) is 12.5 Å². The highest BCUT2D eigenvalue weighted by Gasteiger charge is 2.01. The predicted molar refractivity (Wildman–Crippen MR) is 39.4 cm³/mol. The highest BCUT2D eigenvalue weighted by Crippen LogP contribution is 2.00. The summed E-state index contributed by atoms with van der Waals surface area (Å²) in [5.41, 5.74) is -0.792. The van der Waals surface area contributed by atoms with Crippen molar-refractivity contribution in [3.05, 3.63) is 28.4 Å². The molecule has 1 unspecified atom stereocenters. The lowest BCUT2D eigenvalue weighted by molar-refractivity contribution is 0.602. The fraction of sp³-hybridized carbons (Fsp3) is 0.167. The molecule has 1 atom stereocenters. The van der Waals surface area contributed by atoms with Crippen molar-refractivity contribution in [2.45, 2.75) is 4.90 Å². The van der Waals surface area contributed by atoms with Crippen molar-refractivity contribution in [2.75, 3.05) is 6.26 Å². The number of nitrogens with one attached hydrogen (secondary N) is 1. The molecule has 60 valence electrons. The van der Waals surface area contributed by atoms with Crippen molar-refractivity contribution >= 4 is 10.8 Å². The lowest BCUT2D eigenvalue weighted by Crippen LogP contribution is -2.10. The zero-order chi connectivity index (χ0) is 8.43. The molecule has 0 saturated carbocycles. The molecule has 3 nitrogen and oxygen atoms in total. The molecule has 1 heterocycles. The van der Waals surface area contributed by atoms with Gasteiger partial charge in [-0.25, -0.2) is 4.39 Å². The van der Waals surface area contributed by atoms with Gasteiger partial charge in [0.15, 0.2) is 5.82 Å². The van der Waals surface area contributed by atoms with E-state index in [1.807, 2.05) is 0 Å². The molecule has 11 heavy (non-hydrogen) atoms. The number of H-pyrrole nitrogens is 1. The van der Waals surface area contributed by atoms with E-state index in [0.29, 0.717) is 0 Å². The Morgan fingerprint density at radius 1 is 1.64 bits per heavy atom. The summed E-state index contributed by atoms with van der Waals surface area (Å²) < 4.78 is 23.2. The van der Waals surface area contributed by atoms with Crippen LogP contribution in [0.1, 0.15) is 0 Å². The van der Waals surface area contributed by atoms with E-state index < -0.39 is 22.2 Å². The first-order valence-electron chi connectivity index (χ1n) is 2.83. The predicted octanol–water partition coefficient (Wildman–Crippen LogP) is 0.251. The molecule has 1 N–H and O–H groups in total. The summed E-state index contributed by atoms with van der Waals surface area (Å²) in [5.74, 6) is -0.905. The first kappa shape index (κ1) is 8.13. The minimum atomic E-state index is -1.26. The largest absolute Gasteiger partial charge is 0.325 e. The van der Waals surface area contributed by atoms with E-state index in [-0.39, 0.29) is 4.90 Å². The number of pyridine rings is 1. The normalized spacial score (nSPS) is 12.9. The zero-order valence-electron chi connectivity index (χ0n) is 5.76. The molecule has 1 aromatic heterocycles. The van der Waals surface area contributed by atoms with E-state index in [9.17, 15) is 13.4 Å². The van der Waals surface area contributed by atoms with Crippen molar-refractivity contribution in [3.8, 4) is 0 Å². The fourth-order valence-electron chi connectivity index (χ4n) is 0.604. The topological polar surface area (TPSA) is 49.9 Å². The van der Waals surface area contributed by atoms with Gasteiger partial charge in [-0.15, -0.1) is 0 Å². The molecule has 0 aliphatic rings. The average Bonchev–Trinajstić information content (AvgIpc) is 1.94. The van der Waals surface area contributed by atoms with Crippen LogP contribution in [0.25, 0.3) is 0 Å². The van der Waals surface area contributed by atoms with Gasteiger partial charge >= 0.3 is 0 Å². The summed E-state index contributed by atoms with van der Waals surface area (Å²) in [5, 5.41) is 0. The standard InChI is InChI=1S/C6H6FNO2S/c1-11(10)4-2-5(7)6(9)8-3-4/h2-3H,1H3,(H,8,9). The average molecular weight is 175 g/mol. The summed E-state index contributed by atoms with van der Waals surface area (Å²) in [6.07, 6.45) is 2.65. The maximum atomic E-state index is 12.5. The molecule has 0 aliphatic carbocycles. The molecule has 0 bridgehead atoms. The lowest BCUT2D eigenvalue weighted by Gasteiger charge is -1.93. The van der Waals surface area contributed by atoms with E-state index in [1.165, 1.54) is 12.5 Å². The van der Waals surface area contributed by atoms with Crippen LogP contribution < -0.4 is 5.56 Å². The van der Waals surface area contributed by atoms with Crippen LogP contribution in [-0.4, -0.2) is 15.4 Å². The Morgan fingerprint density at radius 3 is 2.73 bits per heavy atom. The second-order valence-electron chi connectivity index (χ2n) is 1.97. The Kier molecular flexibility index (Phi) is 2.19. The Bertz CT molecular complexity index is 347. The smallest absolute Gasteiger partial charge is 0.284 e. The van der Waals surface area contributed by atoms with Gasteiger partial charge in [0.25, 0.3) is 5.56 Å². The molecule has 0 fully saturated rings. The maximum absolute atomic E-state index is 12.5. The second kappa shape index (κ2) is 2.96. The van der Waals surface area contributed by atoms with Crippen LogP contribution >= 0.6 is 0 Å². The van der Waals surface area contributed by atoms with Gasteiger partial charge in [0.2, 0.25) is 0 Å². The highest BCUT2D eigenvalue weighted by molar-refractivity contribution is 7.84. The van der Waals surface area contributed by atoms with Crippen molar-refractivity contribution in [3.63, 3.8) is 0 Å². The Hall–Kier alpha value is -0.970. The van der Waals surface area contributed by atoms with Gasteiger partial charge in [0.05, 0.1) is 15.7 Å². The monoisotopic (exact) mass is 175 g/mol. The molecule has 1 aromatic rings. The molecule has 5 heteroatoms. The zero-order valence-corrected chi connectivity index (χ0v) is 6.57. The molecule has 0 radical (unpaired) electrons. The van der Waals surface area contributed by atoms with Crippen molar-refractivity contribution < 1.29 is 8.60 Å². The Labute approximate surface area is 64.7 Å². The SMILES string of the molecule is CS(=O)c1c[nH]c(=O)c(F)c1. The van der Waals surface area contributed by atoms with E-state index in [4.69, 9.17) is 0 Å². The molecule has 0 spiro atoms. The summed E-state index contributed by atoms with van der Waals surface area (Å²) in [7, 11) is -1.26. The molecule has 0 aromatic carbocycles. The fourth-order valence-corrected chi connectivity index (χ4v) is 1.10. The maximum Gasteiger partial charge on any atom is 0.284 e. The van der Waals surface area contributed by atoms with Crippen molar-refractivity contribution in [2.24, 2.45) is 0 Å². The van der Waals surface area contributed by atoms with E-state index in [2.05, 4.69) is 4.98 Å². The third-order valence-electron chi connectivity index (χ3n) is 1.16. The number of aromatic nitrogens is 1. The third-order valence-corrected chi connectivity index (χ3v) is 2.06. The summed E-state index contributed by atoms with van der Waals surface area (Å²) in [6.45, 7) is 0. The van der Waals surface area contributed by atoms with Crippen LogP contribution in [0.2, 0.25) is 0 Å². The Morgan fingerprint density at radius 2 is 2.27 bits per heavy atom. The van der Waals surface area contributed by atoms with Crippen LogP contribution in [0.4, 0.5) is 4.39 Å². The van der Waals surface area contributed by atoms with E-state index in [0.717, 1.165) is 6.07 Å². The molecular weight excluding hydrogens is 169 g/mol. The molecule has 0 saturated heterocycles. The number of aromatic amines is 1. The number of rotatable bonds is 1. The summed E-state index contributed by atoms with van der Waals surface area (Å²) in [4.78, 5) is 12.9. The molecular formula is C6H6FNO2S. The van der Waals surface area contributed by atoms with Crippen molar-refractivity contribution in [1.29, 1.82) is 0 Å². The van der Waals surface area contributed by atoms with E-state index >= 15 is 0 Å². The summed E-state index contributed by atoms with van der Waals surface area (Å²) >= 11 is 0. The first-order chi connectivity index (χ1) is 5.11. The lowest BCUT2D eigenvalue weighted by atomic mass is 10.5. The molecule has 0 aliphatic heterocycles.